The minimum atomic E-state index is -3.05. The monoisotopic (exact) mass is 344 g/mol. The van der Waals surface area contributed by atoms with E-state index in [0.29, 0.717) is 30.6 Å². The third-order valence-electron chi connectivity index (χ3n) is 4.27. The first kappa shape index (κ1) is 16.2. The zero-order chi connectivity index (χ0) is 16.6. The van der Waals surface area contributed by atoms with E-state index in [2.05, 4.69) is 5.32 Å². The topological polar surface area (TPSA) is 66.5 Å². The van der Waals surface area contributed by atoms with E-state index in [4.69, 9.17) is 0 Å². The summed E-state index contributed by atoms with van der Waals surface area (Å²) in [4.78, 5) is 13.8. The van der Waals surface area contributed by atoms with Gasteiger partial charge in [-0.25, -0.2) is 17.2 Å². The van der Waals surface area contributed by atoms with E-state index in [1.54, 1.807) is 4.90 Å². The van der Waals surface area contributed by atoms with Crippen LogP contribution in [-0.2, 0) is 21.1 Å². The first-order valence-electron chi connectivity index (χ1n) is 7.57. The summed E-state index contributed by atoms with van der Waals surface area (Å²) in [6, 6.07) is 1.94. The number of nitrogens with one attached hydrogen (secondary N) is 1. The zero-order valence-electron chi connectivity index (χ0n) is 12.5. The highest BCUT2D eigenvalue weighted by Gasteiger charge is 2.29. The summed E-state index contributed by atoms with van der Waals surface area (Å²) >= 11 is 0. The molecule has 3 rings (SSSR count). The van der Waals surface area contributed by atoms with E-state index >= 15 is 0 Å². The van der Waals surface area contributed by atoms with Crippen molar-refractivity contribution in [2.24, 2.45) is 0 Å². The normalized spacial score (nSPS) is 22.7. The SMILES string of the molecule is O=C(CN1CCCc2cc(F)c(F)cc21)N[C@H]1CCS(=O)(=O)C1. The molecule has 1 aromatic carbocycles. The summed E-state index contributed by atoms with van der Waals surface area (Å²) in [7, 11) is -3.05. The second-order valence-electron chi connectivity index (χ2n) is 6.09. The van der Waals surface area contributed by atoms with E-state index in [1.165, 1.54) is 6.07 Å². The van der Waals surface area contributed by atoms with Gasteiger partial charge in [-0.15, -0.1) is 0 Å². The molecule has 1 aromatic rings. The lowest BCUT2D eigenvalue weighted by atomic mass is 10.0. The summed E-state index contributed by atoms with van der Waals surface area (Å²) in [5, 5.41) is 2.71. The molecule has 1 N–H and O–H groups in total. The Morgan fingerprint density at radius 1 is 1.30 bits per heavy atom. The van der Waals surface area contributed by atoms with Crippen molar-refractivity contribution in [3.8, 4) is 0 Å². The van der Waals surface area contributed by atoms with Crippen LogP contribution in [0.25, 0.3) is 0 Å². The number of fused-ring (bicyclic) bond motifs is 1. The highest BCUT2D eigenvalue weighted by molar-refractivity contribution is 7.91. The average Bonchev–Trinajstić information content (AvgIpc) is 2.80. The first-order chi connectivity index (χ1) is 10.8. The van der Waals surface area contributed by atoms with Crippen molar-refractivity contribution in [1.82, 2.24) is 5.32 Å². The molecule has 1 saturated heterocycles. The van der Waals surface area contributed by atoms with Crippen molar-refractivity contribution in [2.75, 3.05) is 29.5 Å². The number of rotatable bonds is 3. The summed E-state index contributed by atoms with van der Waals surface area (Å²) in [6.07, 6.45) is 1.82. The maximum atomic E-state index is 13.5. The van der Waals surface area contributed by atoms with Crippen LogP contribution >= 0.6 is 0 Å². The second-order valence-corrected chi connectivity index (χ2v) is 8.32. The summed E-state index contributed by atoms with van der Waals surface area (Å²) in [6.45, 7) is 0.586. The van der Waals surface area contributed by atoms with Crippen LogP contribution in [0.3, 0.4) is 0 Å². The molecule has 5 nitrogen and oxygen atoms in total. The predicted octanol–water partition coefficient (Wildman–Crippen LogP) is 1.02. The molecule has 0 radical (unpaired) electrons. The smallest absolute Gasteiger partial charge is 0.239 e. The van der Waals surface area contributed by atoms with E-state index in [0.717, 1.165) is 12.5 Å². The van der Waals surface area contributed by atoms with Gasteiger partial charge in [-0.1, -0.05) is 0 Å². The Morgan fingerprint density at radius 2 is 2.04 bits per heavy atom. The fourth-order valence-corrected chi connectivity index (χ4v) is 4.85. The largest absolute Gasteiger partial charge is 0.362 e. The molecule has 1 amide bonds. The van der Waals surface area contributed by atoms with Gasteiger partial charge in [0.05, 0.1) is 18.1 Å². The van der Waals surface area contributed by atoms with E-state index in [9.17, 15) is 22.0 Å². The zero-order valence-corrected chi connectivity index (χ0v) is 13.3. The highest BCUT2D eigenvalue weighted by atomic mass is 32.2. The van der Waals surface area contributed by atoms with Crippen LogP contribution in [-0.4, -0.2) is 45.0 Å². The Morgan fingerprint density at radius 3 is 2.74 bits per heavy atom. The van der Waals surface area contributed by atoms with Crippen LogP contribution in [0, 0.1) is 11.6 Å². The molecule has 2 aliphatic rings. The number of sulfone groups is 1. The lowest BCUT2D eigenvalue weighted by Gasteiger charge is -2.31. The van der Waals surface area contributed by atoms with Crippen LogP contribution in [0.15, 0.2) is 12.1 Å². The number of hydrogen-bond acceptors (Lipinski definition) is 4. The number of hydrogen-bond donors (Lipinski definition) is 1. The third kappa shape index (κ3) is 3.63. The van der Waals surface area contributed by atoms with Crippen molar-refractivity contribution in [3.63, 3.8) is 0 Å². The van der Waals surface area contributed by atoms with Crippen LogP contribution in [0.5, 0.6) is 0 Å². The minimum Gasteiger partial charge on any atom is -0.362 e. The maximum absolute atomic E-state index is 13.5. The molecule has 0 aliphatic carbocycles. The molecular formula is C15H18F2N2O3S. The quantitative estimate of drug-likeness (QED) is 0.889. The molecule has 0 spiro atoms. The maximum Gasteiger partial charge on any atom is 0.239 e. The Balaban J connectivity index is 1.67. The van der Waals surface area contributed by atoms with Gasteiger partial charge in [0.2, 0.25) is 5.91 Å². The predicted molar refractivity (Wildman–Crippen MR) is 82.1 cm³/mol. The van der Waals surface area contributed by atoms with Gasteiger partial charge < -0.3 is 10.2 Å². The molecule has 0 unspecified atom stereocenters. The summed E-state index contributed by atoms with van der Waals surface area (Å²) in [5.74, 6) is -2.06. The Kier molecular flexibility index (Phi) is 4.27. The summed E-state index contributed by atoms with van der Waals surface area (Å²) in [5.41, 5.74) is 1.22. The van der Waals surface area contributed by atoms with Gasteiger partial charge in [-0.2, -0.15) is 0 Å². The molecular weight excluding hydrogens is 326 g/mol. The van der Waals surface area contributed by atoms with Gasteiger partial charge >= 0.3 is 0 Å². The number of carbonyl (C=O) groups excluding carboxylic acids is 1. The Hall–Kier alpha value is -1.70. The molecule has 23 heavy (non-hydrogen) atoms. The second kappa shape index (κ2) is 6.07. The van der Waals surface area contributed by atoms with Gasteiger partial charge in [0.15, 0.2) is 21.5 Å². The molecule has 1 fully saturated rings. The van der Waals surface area contributed by atoms with Crippen molar-refractivity contribution >= 4 is 21.4 Å². The number of anilines is 1. The van der Waals surface area contributed by atoms with Crippen molar-refractivity contribution in [1.29, 1.82) is 0 Å². The fraction of sp³-hybridized carbons (Fsp3) is 0.533. The van der Waals surface area contributed by atoms with Gasteiger partial charge in [0.25, 0.3) is 0 Å². The molecule has 126 valence electrons. The van der Waals surface area contributed by atoms with Gasteiger partial charge in [-0.05, 0) is 30.9 Å². The van der Waals surface area contributed by atoms with Crippen molar-refractivity contribution in [3.05, 3.63) is 29.3 Å². The first-order valence-corrected chi connectivity index (χ1v) is 9.39. The Bertz CT molecular complexity index is 736. The number of benzene rings is 1. The average molecular weight is 344 g/mol. The number of halogens is 2. The van der Waals surface area contributed by atoms with E-state index in [1.807, 2.05) is 0 Å². The van der Waals surface area contributed by atoms with Crippen molar-refractivity contribution in [2.45, 2.75) is 25.3 Å². The lowest BCUT2D eigenvalue weighted by Crippen LogP contribution is -2.44. The van der Waals surface area contributed by atoms with Crippen LogP contribution in [0.4, 0.5) is 14.5 Å². The summed E-state index contributed by atoms with van der Waals surface area (Å²) < 4.78 is 49.6. The molecule has 2 aliphatic heterocycles. The van der Waals surface area contributed by atoms with Crippen LogP contribution < -0.4 is 10.2 Å². The Labute approximate surface area is 133 Å². The van der Waals surface area contributed by atoms with E-state index < -0.39 is 21.5 Å². The standard InChI is InChI=1S/C15H18F2N2O3S/c16-12-6-10-2-1-4-19(14(10)7-13(12)17)8-15(20)18-11-3-5-23(21,22)9-11/h6-7,11H,1-5,8-9H2,(H,18,20)/t11-/m0/s1. The number of nitrogens with zero attached hydrogens (tertiary/aromatic N) is 1. The fourth-order valence-electron chi connectivity index (χ4n) is 3.17. The minimum absolute atomic E-state index is 0.00855. The van der Waals surface area contributed by atoms with Gasteiger partial charge in [0.1, 0.15) is 0 Å². The lowest BCUT2D eigenvalue weighted by molar-refractivity contribution is -0.120. The van der Waals surface area contributed by atoms with E-state index in [-0.39, 0.29) is 30.0 Å². The van der Waals surface area contributed by atoms with Gasteiger partial charge in [-0.3, -0.25) is 4.79 Å². The number of aryl methyl sites for hydroxylation is 1. The van der Waals surface area contributed by atoms with Crippen LogP contribution in [0.1, 0.15) is 18.4 Å². The third-order valence-corrected chi connectivity index (χ3v) is 6.04. The molecule has 1 atom stereocenters. The molecule has 0 aromatic heterocycles. The van der Waals surface area contributed by atoms with Gasteiger partial charge in [0, 0.05) is 24.3 Å². The molecule has 0 bridgehead atoms. The number of carbonyl (C=O) groups is 1. The molecule has 0 saturated carbocycles. The number of amides is 1. The highest BCUT2D eigenvalue weighted by Crippen LogP contribution is 2.29. The molecule has 8 heteroatoms. The van der Waals surface area contributed by atoms with Crippen molar-refractivity contribution < 1.29 is 22.0 Å². The molecule has 2 heterocycles. The van der Waals surface area contributed by atoms with Crippen LogP contribution in [0.2, 0.25) is 0 Å².